The third kappa shape index (κ3) is 2.69. The lowest BCUT2D eigenvalue weighted by molar-refractivity contribution is 0.102. The number of carbonyl (C=O) groups is 1. The molecule has 1 aromatic carbocycles. The second kappa shape index (κ2) is 5.00. The van der Waals surface area contributed by atoms with Gasteiger partial charge in [0.1, 0.15) is 5.69 Å². The maximum atomic E-state index is 12.4. The molecular formula is C16H17N3OS. The van der Waals surface area contributed by atoms with Crippen LogP contribution in [0.1, 0.15) is 36.8 Å². The lowest BCUT2D eigenvalue weighted by Gasteiger charge is -2.22. The molecule has 0 unspecified atom stereocenters. The van der Waals surface area contributed by atoms with Crippen molar-refractivity contribution in [3.8, 4) is 0 Å². The fourth-order valence-electron chi connectivity index (χ4n) is 2.27. The van der Waals surface area contributed by atoms with Gasteiger partial charge in [0.05, 0.1) is 0 Å². The van der Waals surface area contributed by atoms with Crippen molar-refractivity contribution >= 4 is 27.9 Å². The molecule has 0 spiro atoms. The molecule has 2 aromatic heterocycles. The van der Waals surface area contributed by atoms with Crippen LogP contribution in [0.25, 0.3) is 4.96 Å². The Morgan fingerprint density at radius 2 is 2.05 bits per heavy atom. The molecule has 21 heavy (non-hydrogen) atoms. The fraction of sp³-hybridized carbons (Fsp3) is 0.250. The van der Waals surface area contributed by atoms with E-state index < -0.39 is 0 Å². The summed E-state index contributed by atoms with van der Waals surface area (Å²) in [5.74, 6) is -0.178. The zero-order chi connectivity index (χ0) is 15.0. The highest BCUT2D eigenvalue weighted by atomic mass is 32.1. The molecule has 5 heteroatoms. The molecule has 1 N–H and O–H groups in total. The number of imidazole rings is 1. The highest BCUT2D eigenvalue weighted by molar-refractivity contribution is 7.15. The molecule has 0 fully saturated rings. The smallest absolute Gasteiger partial charge is 0.275 e. The lowest BCUT2D eigenvalue weighted by atomic mass is 9.86. The summed E-state index contributed by atoms with van der Waals surface area (Å²) >= 11 is 1.51. The predicted octanol–water partition coefficient (Wildman–Crippen LogP) is 3.95. The number of fused-ring (bicyclic) bond motifs is 1. The van der Waals surface area contributed by atoms with E-state index in [4.69, 9.17) is 0 Å². The summed E-state index contributed by atoms with van der Waals surface area (Å²) < 4.78 is 1.86. The Bertz CT molecular complexity index is 767. The summed E-state index contributed by atoms with van der Waals surface area (Å²) in [6.07, 6.45) is 3.65. The van der Waals surface area contributed by atoms with Crippen LogP contribution >= 0.6 is 11.3 Å². The number of carbonyl (C=O) groups excluding carboxylic acids is 1. The Hall–Kier alpha value is -2.14. The number of para-hydroxylation sites is 1. The molecular weight excluding hydrogens is 282 g/mol. The third-order valence-corrected chi connectivity index (χ3v) is 4.08. The number of rotatable bonds is 2. The Morgan fingerprint density at radius 3 is 2.76 bits per heavy atom. The van der Waals surface area contributed by atoms with E-state index in [-0.39, 0.29) is 11.3 Å². The molecule has 0 radical (unpaired) electrons. The van der Waals surface area contributed by atoms with Gasteiger partial charge in [0, 0.05) is 23.5 Å². The minimum absolute atomic E-state index is 0.0293. The Labute approximate surface area is 127 Å². The van der Waals surface area contributed by atoms with E-state index in [1.165, 1.54) is 11.3 Å². The summed E-state index contributed by atoms with van der Waals surface area (Å²) in [5.41, 5.74) is 2.36. The Balaban J connectivity index is 1.90. The SMILES string of the molecule is CC(C)(C)c1ccccc1NC(=O)c1cn2ccsc2n1. The van der Waals surface area contributed by atoms with Gasteiger partial charge in [0.15, 0.2) is 4.96 Å². The number of benzene rings is 1. The average molecular weight is 299 g/mol. The Kier molecular flexibility index (Phi) is 3.29. The summed E-state index contributed by atoms with van der Waals surface area (Å²) in [6.45, 7) is 6.39. The van der Waals surface area contributed by atoms with E-state index in [1.807, 2.05) is 40.2 Å². The van der Waals surface area contributed by atoms with Crippen molar-refractivity contribution in [3.63, 3.8) is 0 Å². The lowest BCUT2D eigenvalue weighted by Crippen LogP contribution is -2.18. The van der Waals surface area contributed by atoms with Gasteiger partial charge < -0.3 is 5.32 Å². The van der Waals surface area contributed by atoms with Crippen LogP contribution in [-0.4, -0.2) is 15.3 Å². The highest BCUT2D eigenvalue weighted by Gasteiger charge is 2.19. The van der Waals surface area contributed by atoms with Crippen LogP contribution in [0.5, 0.6) is 0 Å². The van der Waals surface area contributed by atoms with E-state index in [1.54, 1.807) is 6.20 Å². The predicted molar refractivity (Wildman–Crippen MR) is 86.2 cm³/mol. The van der Waals surface area contributed by atoms with Crippen LogP contribution in [0.15, 0.2) is 42.0 Å². The third-order valence-electron chi connectivity index (χ3n) is 3.31. The van der Waals surface area contributed by atoms with Gasteiger partial charge in [-0.05, 0) is 17.0 Å². The maximum Gasteiger partial charge on any atom is 0.275 e. The molecule has 0 atom stereocenters. The number of nitrogens with zero attached hydrogens (tertiary/aromatic N) is 2. The van der Waals surface area contributed by atoms with Gasteiger partial charge in [0.25, 0.3) is 5.91 Å². The van der Waals surface area contributed by atoms with Crippen LogP contribution in [-0.2, 0) is 5.41 Å². The van der Waals surface area contributed by atoms with Crippen LogP contribution < -0.4 is 5.32 Å². The van der Waals surface area contributed by atoms with Gasteiger partial charge in [-0.2, -0.15) is 0 Å². The first-order valence-corrected chi connectivity index (χ1v) is 7.66. The van der Waals surface area contributed by atoms with Gasteiger partial charge in [-0.25, -0.2) is 4.98 Å². The van der Waals surface area contributed by atoms with Gasteiger partial charge >= 0.3 is 0 Å². The molecule has 4 nitrogen and oxygen atoms in total. The van der Waals surface area contributed by atoms with Crippen LogP contribution in [0.2, 0.25) is 0 Å². The van der Waals surface area contributed by atoms with Crippen molar-refractivity contribution in [2.45, 2.75) is 26.2 Å². The molecule has 0 bridgehead atoms. The summed E-state index contributed by atoms with van der Waals surface area (Å²) in [7, 11) is 0. The van der Waals surface area contributed by atoms with Gasteiger partial charge in [-0.15, -0.1) is 11.3 Å². The number of thiazole rings is 1. The molecule has 3 rings (SSSR count). The normalized spacial score (nSPS) is 11.8. The van der Waals surface area contributed by atoms with E-state index in [9.17, 15) is 4.79 Å². The highest BCUT2D eigenvalue weighted by Crippen LogP contribution is 2.29. The second-order valence-corrected chi connectivity index (χ2v) is 6.84. The van der Waals surface area contributed by atoms with Crippen molar-refractivity contribution < 1.29 is 4.79 Å². The van der Waals surface area contributed by atoms with Gasteiger partial charge in [-0.1, -0.05) is 39.0 Å². The molecule has 1 amide bonds. The first kappa shape index (κ1) is 13.8. The van der Waals surface area contributed by atoms with E-state index in [0.29, 0.717) is 5.69 Å². The second-order valence-electron chi connectivity index (χ2n) is 5.97. The van der Waals surface area contributed by atoms with Crippen molar-refractivity contribution in [2.24, 2.45) is 0 Å². The molecule has 108 valence electrons. The first-order chi connectivity index (χ1) is 9.95. The summed E-state index contributed by atoms with van der Waals surface area (Å²) in [4.78, 5) is 17.5. The minimum Gasteiger partial charge on any atom is -0.320 e. The van der Waals surface area contributed by atoms with Crippen LogP contribution in [0, 0.1) is 0 Å². The number of nitrogens with one attached hydrogen (secondary N) is 1. The largest absolute Gasteiger partial charge is 0.320 e. The molecule has 0 aliphatic rings. The zero-order valence-electron chi connectivity index (χ0n) is 12.3. The number of hydrogen-bond donors (Lipinski definition) is 1. The summed E-state index contributed by atoms with van der Waals surface area (Å²) in [5, 5.41) is 4.92. The fourth-order valence-corrected chi connectivity index (χ4v) is 2.97. The molecule has 0 aliphatic heterocycles. The van der Waals surface area contributed by atoms with E-state index in [2.05, 4.69) is 31.1 Å². The van der Waals surface area contributed by atoms with Crippen molar-refractivity contribution in [1.29, 1.82) is 0 Å². The molecule has 2 heterocycles. The number of anilines is 1. The summed E-state index contributed by atoms with van der Waals surface area (Å²) in [6, 6.07) is 7.89. The van der Waals surface area contributed by atoms with Gasteiger partial charge in [-0.3, -0.25) is 9.20 Å². The number of amides is 1. The minimum atomic E-state index is -0.178. The molecule has 0 aliphatic carbocycles. The Morgan fingerprint density at radius 1 is 1.29 bits per heavy atom. The average Bonchev–Trinajstić information content (AvgIpc) is 2.98. The number of aromatic nitrogens is 2. The molecule has 3 aromatic rings. The van der Waals surface area contributed by atoms with Crippen molar-refractivity contribution in [1.82, 2.24) is 9.38 Å². The topological polar surface area (TPSA) is 46.4 Å². The quantitative estimate of drug-likeness (QED) is 0.779. The van der Waals surface area contributed by atoms with Crippen molar-refractivity contribution in [3.05, 3.63) is 53.3 Å². The maximum absolute atomic E-state index is 12.4. The first-order valence-electron chi connectivity index (χ1n) is 6.78. The molecule has 0 saturated carbocycles. The standard InChI is InChI=1S/C16H17N3OS/c1-16(2,3)11-6-4-5-7-12(11)17-14(20)13-10-19-8-9-21-15(19)18-13/h4-10H,1-3H3,(H,17,20). The van der Waals surface area contributed by atoms with Crippen LogP contribution in [0.4, 0.5) is 5.69 Å². The monoisotopic (exact) mass is 299 g/mol. The van der Waals surface area contributed by atoms with Crippen LogP contribution in [0.3, 0.4) is 0 Å². The number of hydrogen-bond acceptors (Lipinski definition) is 3. The zero-order valence-corrected chi connectivity index (χ0v) is 13.1. The van der Waals surface area contributed by atoms with Crippen molar-refractivity contribution in [2.75, 3.05) is 5.32 Å². The molecule has 0 saturated heterocycles. The van der Waals surface area contributed by atoms with Gasteiger partial charge in [0.2, 0.25) is 0 Å². The van der Waals surface area contributed by atoms with E-state index in [0.717, 1.165) is 16.2 Å². The van der Waals surface area contributed by atoms with E-state index >= 15 is 0 Å².